The number of anilines is 1. The van der Waals surface area contributed by atoms with Crippen molar-refractivity contribution in [3.63, 3.8) is 0 Å². The molecular formula is C16H17ClN3OS2+. The third kappa shape index (κ3) is 3.75. The van der Waals surface area contributed by atoms with Crippen LogP contribution in [0.25, 0.3) is 0 Å². The van der Waals surface area contributed by atoms with E-state index < -0.39 is 0 Å². The molecule has 0 saturated carbocycles. The molecule has 2 aromatic heterocycles. The highest BCUT2D eigenvalue weighted by atomic mass is 35.5. The highest BCUT2D eigenvalue weighted by Crippen LogP contribution is 2.38. The number of nitrogens with zero attached hydrogens (tertiary/aromatic N) is 1. The number of aryl methyl sites for hydroxylation is 1. The van der Waals surface area contributed by atoms with Gasteiger partial charge in [0, 0.05) is 4.88 Å². The average molecular weight is 367 g/mol. The van der Waals surface area contributed by atoms with Crippen molar-refractivity contribution in [3.05, 3.63) is 37.4 Å². The molecule has 0 radical (unpaired) electrons. The van der Waals surface area contributed by atoms with Gasteiger partial charge in [0.15, 0.2) is 6.54 Å². The fourth-order valence-electron chi connectivity index (χ4n) is 2.86. The number of hydrogen-bond donors (Lipinski definition) is 2. The third-order valence-electron chi connectivity index (χ3n) is 3.85. The largest absolute Gasteiger partial charge is 0.325 e. The SMILES string of the molecule is C[NH+](CC(=O)Nc1sc2c(c1C#N)CCC2)Cc1ccc(Cl)s1. The molecule has 1 aliphatic rings. The van der Waals surface area contributed by atoms with Gasteiger partial charge in [0.2, 0.25) is 0 Å². The van der Waals surface area contributed by atoms with Crippen LogP contribution in [0.1, 0.15) is 27.3 Å². The van der Waals surface area contributed by atoms with E-state index in [0.717, 1.165) is 45.5 Å². The van der Waals surface area contributed by atoms with E-state index in [9.17, 15) is 10.1 Å². The van der Waals surface area contributed by atoms with Crippen LogP contribution >= 0.6 is 34.3 Å². The zero-order chi connectivity index (χ0) is 16.4. The van der Waals surface area contributed by atoms with Crippen molar-refractivity contribution in [2.24, 2.45) is 0 Å². The van der Waals surface area contributed by atoms with Crippen LogP contribution in [0.3, 0.4) is 0 Å². The van der Waals surface area contributed by atoms with Crippen molar-refractivity contribution < 1.29 is 9.69 Å². The van der Waals surface area contributed by atoms with E-state index in [0.29, 0.717) is 17.1 Å². The lowest BCUT2D eigenvalue weighted by molar-refractivity contribution is -0.884. The molecule has 1 atom stereocenters. The quantitative estimate of drug-likeness (QED) is 0.854. The van der Waals surface area contributed by atoms with E-state index in [2.05, 4.69) is 11.4 Å². The summed E-state index contributed by atoms with van der Waals surface area (Å²) in [5.74, 6) is -0.0541. The van der Waals surface area contributed by atoms with Crippen molar-refractivity contribution in [2.75, 3.05) is 18.9 Å². The van der Waals surface area contributed by atoms with Gasteiger partial charge in [0.1, 0.15) is 17.6 Å². The number of halogens is 1. The summed E-state index contributed by atoms with van der Waals surface area (Å²) in [6.07, 6.45) is 3.09. The Morgan fingerprint density at radius 1 is 1.43 bits per heavy atom. The van der Waals surface area contributed by atoms with Crippen molar-refractivity contribution in [2.45, 2.75) is 25.8 Å². The van der Waals surface area contributed by atoms with Crippen LogP contribution in [0, 0.1) is 11.3 Å². The Hall–Kier alpha value is -1.39. The summed E-state index contributed by atoms with van der Waals surface area (Å²) in [6.45, 7) is 1.12. The maximum absolute atomic E-state index is 12.3. The number of rotatable bonds is 5. The number of likely N-dealkylation sites (N-methyl/N-ethyl adjacent to an activating group) is 1. The van der Waals surface area contributed by atoms with Gasteiger partial charge in [-0.1, -0.05) is 11.6 Å². The van der Waals surface area contributed by atoms with Gasteiger partial charge in [0.05, 0.1) is 21.8 Å². The van der Waals surface area contributed by atoms with Crippen LogP contribution in [-0.4, -0.2) is 19.5 Å². The number of thiophene rings is 2. The summed E-state index contributed by atoms with van der Waals surface area (Å²) in [6, 6.07) is 6.12. The molecule has 0 aromatic carbocycles. The zero-order valence-electron chi connectivity index (χ0n) is 12.7. The Bertz CT molecular complexity index is 775. The Balaban J connectivity index is 1.60. The fourth-order valence-corrected chi connectivity index (χ4v) is 5.32. The standard InChI is InChI=1S/C16H16ClN3OS2/c1-20(8-10-5-6-14(17)22-10)9-15(21)19-16-12(7-18)11-3-2-4-13(11)23-16/h5-6H,2-4,8-9H2,1H3,(H,19,21)/p+1. The van der Waals surface area contributed by atoms with Crippen molar-refractivity contribution in [1.82, 2.24) is 0 Å². The minimum atomic E-state index is -0.0541. The van der Waals surface area contributed by atoms with E-state index in [4.69, 9.17) is 11.6 Å². The lowest BCUT2D eigenvalue weighted by atomic mass is 10.1. The lowest BCUT2D eigenvalue weighted by Gasteiger charge is -2.12. The molecule has 2 N–H and O–H groups in total. The summed E-state index contributed by atoms with van der Waals surface area (Å²) in [4.78, 5) is 15.8. The number of carbonyl (C=O) groups excluding carboxylic acids is 1. The van der Waals surface area contributed by atoms with Crippen LogP contribution in [0.15, 0.2) is 12.1 Å². The zero-order valence-corrected chi connectivity index (χ0v) is 15.1. The molecule has 7 heteroatoms. The van der Waals surface area contributed by atoms with Gasteiger partial charge in [-0.2, -0.15) is 5.26 Å². The summed E-state index contributed by atoms with van der Waals surface area (Å²) in [5, 5.41) is 13.0. The van der Waals surface area contributed by atoms with Crippen LogP contribution in [0.4, 0.5) is 5.00 Å². The molecule has 1 aliphatic carbocycles. The number of fused-ring (bicyclic) bond motifs is 1. The van der Waals surface area contributed by atoms with E-state index in [1.165, 1.54) is 4.88 Å². The van der Waals surface area contributed by atoms with Crippen molar-refractivity contribution in [3.8, 4) is 6.07 Å². The number of nitriles is 1. The minimum Gasteiger partial charge on any atom is -0.325 e. The maximum Gasteiger partial charge on any atom is 0.280 e. The Morgan fingerprint density at radius 3 is 2.96 bits per heavy atom. The number of quaternary nitrogens is 1. The molecule has 0 bridgehead atoms. The summed E-state index contributed by atoms with van der Waals surface area (Å²) in [7, 11) is 1.98. The third-order valence-corrected chi connectivity index (χ3v) is 6.29. The normalized spacial score (nSPS) is 14.3. The molecule has 1 amide bonds. The number of carbonyl (C=O) groups is 1. The molecular weight excluding hydrogens is 350 g/mol. The average Bonchev–Trinajstić information content (AvgIpc) is 3.15. The first-order valence-corrected chi connectivity index (χ1v) is 9.48. The Kier molecular flexibility index (Phi) is 5.02. The molecule has 0 saturated heterocycles. The van der Waals surface area contributed by atoms with Crippen LogP contribution < -0.4 is 10.2 Å². The smallest absolute Gasteiger partial charge is 0.280 e. The molecule has 2 aromatic rings. The molecule has 120 valence electrons. The predicted molar refractivity (Wildman–Crippen MR) is 94.5 cm³/mol. The van der Waals surface area contributed by atoms with Crippen LogP contribution in [-0.2, 0) is 24.2 Å². The topological polar surface area (TPSA) is 57.3 Å². The van der Waals surface area contributed by atoms with Gasteiger partial charge in [-0.15, -0.1) is 22.7 Å². The van der Waals surface area contributed by atoms with Gasteiger partial charge >= 0.3 is 0 Å². The van der Waals surface area contributed by atoms with E-state index in [-0.39, 0.29) is 5.91 Å². The summed E-state index contributed by atoms with van der Waals surface area (Å²) in [5.41, 5.74) is 1.81. The summed E-state index contributed by atoms with van der Waals surface area (Å²) >= 11 is 9.03. The number of amides is 1. The van der Waals surface area contributed by atoms with Gasteiger partial charge in [0.25, 0.3) is 5.91 Å². The Labute approximate surface area is 148 Å². The minimum absolute atomic E-state index is 0.0541. The highest BCUT2D eigenvalue weighted by Gasteiger charge is 2.23. The van der Waals surface area contributed by atoms with E-state index in [1.807, 2.05) is 19.2 Å². The van der Waals surface area contributed by atoms with E-state index >= 15 is 0 Å². The Morgan fingerprint density at radius 2 is 2.26 bits per heavy atom. The first kappa shape index (κ1) is 16.5. The van der Waals surface area contributed by atoms with Gasteiger partial charge in [-0.3, -0.25) is 4.79 Å². The first-order chi connectivity index (χ1) is 11.1. The molecule has 4 nitrogen and oxygen atoms in total. The van der Waals surface area contributed by atoms with Crippen LogP contribution in [0.5, 0.6) is 0 Å². The maximum atomic E-state index is 12.3. The molecule has 23 heavy (non-hydrogen) atoms. The van der Waals surface area contributed by atoms with Gasteiger partial charge < -0.3 is 10.2 Å². The number of nitrogens with one attached hydrogen (secondary N) is 2. The predicted octanol–water partition coefficient (Wildman–Crippen LogP) is 2.48. The summed E-state index contributed by atoms with van der Waals surface area (Å²) < 4.78 is 0.768. The highest BCUT2D eigenvalue weighted by molar-refractivity contribution is 7.17. The molecule has 2 heterocycles. The van der Waals surface area contributed by atoms with Crippen molar-refractivity contribution >= 4 is 45.2 Å². The molecule has 0 spiro atoms. The molecule has 0 aliphatic heterocycles. The molecule has 1 unspecified atom stereocenters. The monoisotopic (exact) mass is 366 g/mol. The second kappa shape index (κ2) is 7.02. The molecule has 3 rings (SSSR count). The van der Waals surface area contributed by atoms with E-state index in [1.54, 1.807) is 22.7 Å². The van der Waals surface area contributed by atoms with Gasteiger partial charge in [-0.05, 0) is 37.0 Å². The lowest BCUT2D eigenvalue weighted by Crippen LogP contribution is -3.08. The van der Waals surface area contributed by atoms with Crippen molar-refractivity contribution in [1.29, 1.82) is 5.26 Å². The second-order valence-electron chi connectivity index (χ2n) is 5.74. The number of hydrogen-bond acceptors (Lipinski definition) is 4. The second-order valence-corrected chi connectivity index (χ2v) is 8.64. The fraction of sp³-hybridized carbons (Fsp3) is 0.375. The molecule has 0 fully saturated rings. The van der Waals surface area contributed by atoms with Gasteiger partial charge in [-0.25, -0.2) is 0 Å². The first-order valence-electron chi connectivity index (χ1n) is 7.47. The van der Waals surface area contributed by atoms with Crippen LogP contribution in [0.2, 0.25) is 4.34 Å².